The molecule has 0 unspecified atom stereocenters. The molecule has 1 aliphatic heterocycles. The largest absolute Gasteiger partial charge is 0.344 e. The summed E-state index contributed by atoms with van der Waals surface area (Å²) >= 11 is 0. The normalized spacial score (nSPS) is 16.4. The van der Waals surface area contributed by atoms with Crippen molar-refractivity contribution >= 4 is 17.3 Å². The van der Waals surface area contributed by atoms with E-state index in [1.165, 1.54) is 4.68 Å². The molecule has 0 radical (unpaired) electrons. The first-order valence-electron chi connectivity index (χ1n) is 5.45. The Hall–Kier alpha value is -1.92. The number of hydrogen-bond donors (Lipinski definition) is 0. The van der Waals surface area contributed by atoms with E-state index in [0.717, 1.165) is 6.42 Å². The van der Waals surface area contributed by atoms with Crippen LogP contribution in [0.5, 0.6) is 0 Å². The van der Waals surface area contributed by atoms with Crippen LogP contribution in [0.25, 0.3) is 0 Å². The van der Waals surface area contributed by atoms with Crippen molar-refractivity contribution in [2.45, 2.75) is 19.8 Å². The number of carbonyl (C=O) groups is 1. The average molecular weight is 238 g/mol. The fourth-order valence-corrected chi connectivity index (χ4v) is 2.22. The molecule has 0 N–H and O–H groups in total. The summed E-state index contributed by atoms with van der Waals surface area (Å²) in [5, 5.41) is 15.1. The van der Waals surface area contributed by atoms with E-state index in [2.05, 4.69) is 5.10 Å². The van der Waals surface area contributed by atoms with Crippen LogP contribution in [0.3, 0.4) is 0 Å². The molecular formula is C10H14N4O3. The number of piperidine rings is 1. The van der Waals surface area contributed by atoms with Crippen molar-refractivity contribution in [3.05, 3.63) is 15.8 Å². The maximum absolute atomic E-state index is 11.4. The van der Waals surface area contributed by atoms with Crippen molar-refractivity contribution in [1.29, 1.82) is 0 Å². The van der Waals surface area contributed by atoms with Gasteiger partial charge in [-0.1, -0.05) is 0 Å². The molecule has 0 saturated carbocycles. The van der Waals surface area contributed by atoms with Crippen LogP contribution < -0.4 is 4.90 Å². The van der Waals surface area contributed by atoms with Crippen molar-refractivity contribution in [3.8, 4) is 0 Å². The fourth-order valence-electron chi connectivity index (χ4n) is 2.22. The molecule has 0 spiro atoms. The second kappa shape index (κ2) is 4.15. The quantitative estimate of drug-likeness (QED) is 0.562. The molecule has 2 rings (SSSR count). The van der Waals surface area contributed by atoms with Gasteiger partial charge in [0.25, 0.3) is 0 Å². The predicted octanol–water partition coefficient (Wildman–Crippen LogP) is 0.806. The van der Waals surface area contributed by atoms with Gasteiger partial charge in [-0.25, -0.2) is 4.68 Å². The summed E-state index contributed by atoms with van der Waals surface area (Å²) in [6.45, 7) is 2.50. The van der Waals surface area contributed by atoms with E-state index in [-0.39, 0.29) is 18.0 Å². The maximum Gasteiger partial charge on any atom is 0.333 e. The van der Waals surface area contributed by atoms with Crippen molar-refractivity contribution in [2.75, 3.05) is 18.0 Å². The third-order valence-electron chi connectivity index (χ3n) is 2.89. The Labute approximate surface area is 98.2 Å². The van der Waals surface area contributed by atoms with Crippen LogP contribution in [0.15, 0.2) is 0 Å². The van der Waals surface area contributed by atoms with Crippen LogP contribution in [0.1, 0.15) is 18.5 Å². The van der Waals surface area contributed by atoms with E-state index in [1.54, 1.807) is 18.9 Å². The second-order valence-electron chi connectivity index (χ2n) is 4.20. The number of carbonyl (C=O) groups excluding carboxylic acids is 1. The minimum absolute atomic E-state index is 0.00204. The van der Waals surface area contributed by atoms with E-state index in [4.69, 9.17) is 0 Å². The Kier molecular flexibility index (Phi) is 2.83. The van der Waals surface area contributed by atoms with Crippen molar-refractivity contribution in [2.24, 2.45) is 7.05 Å². The zero-order chi connectivity index (χ0) is 12.6. The highest BCUT2D eigenvalue weighted by Gasteiger charge is 2.30. The van der Waals surface area contributed by atoms with Gasteiger partial charge in [-0.15, -0.1) is 0 Å². The molecule has 0 atom stereocenters. The zero-order valence-corrected chi connectivity index (χ0v) is 9.84. The smallest absolute Gasteiger partial charge is 0.333 e. The van der Waals surface area contributed by atoms with Gasteiger partial charge in [0.05, 0.1) is 11.5 Å². The lowest BCUT2D eigenvalue weighted by Gasteiger charge is -2.26. The highest BCUT2D eigenvalue weighted by atomic mass is 16.6. The number of aryl methyl sites for hydroxylation is 2. The van der Waals surface area contributed by atoms with Gasteiger partial charge in [-0.05, 0) is 13.3 Å². The molecule has 1 aliphatic rings. The molecule has 92 valence electrons. The van der Waals surface area contributed by atoms with Crippen LogP contribution >= 0.6 is 0 Å². The molecule has 0 bridgehead atoms. The van der Waals surface area contributed by atoms with Gasteiger partial charge >= 0.3 is 5.69 Å². The van der Waals surface area contributed by atoms with Crippen LogP contribution in [0.4, 0.5) is 11.5 Å². The Morgan fingerprint density at radius 2 is 2.18 bits per heavy atom. The van der Waals surface area contributed by atoms with E-state index < -0.39 is 4.92 Å². The molecular weight excluding hydrogens is 224 g/mol. The van der Waals surface area contributed by atoms with Gasteiger partial charge in [0, 0.05) is 20.0 Å². The monoisotopic (exact) mass is 238 g/mol. The first-order valence-corrected chi connectivity index (χ1v) is 5.45. The molecule has 0 aliphatic carbocycles. The number of nitro groups is 1. The third kappa shape index (κ3) is 2.00. The maximum atomic E-state index is 11.4. The number of aromatic nitrogens is 2. The minimum atomic E-state index is -0.434. The Morgan fingerprint density at radius 1 is 1.47 bits per heavy atom. The Morgan fingerprint density at radius 3 is 2.76 bits per heavy atom. The molecule has 7 heteroatoms. The zero-order valence-electron chi connectivity index (χ0n) is 9.84. The number of ketones is 1. The molecule has 1 fully saturated rings. The van der Waals surface area contributed by atoms with Gasteiger partial charge in [0.2, 0.25) is 5.82 Å². The van der Waals surface area contributed by atoms with Crippen molar-refractivity contribution in [3.63, 3.8) is 0 Å². The summed E-state index contributed by atoms with van der Waals surface area (Å²) in [4.78, 5) is 23.7. The fraction of sp³-hybridized carbons (Fsp3) is 0.600. The lowest BCUT2D eigenvalue weighted by Crippen LogP contribution is -2.37. The number of Topliss-reactive ketones (excluding diaryl/α,β-unsaturated/α-hetero) is 1. The number of nitrogens with zero attached hydrogens (tertiary/aromatic N) is 4. The molecule has 7 nitrogen and oxygen atoms in total. The molecule has 0 aromatic carbocycles. The molecule has 1 aromatic heterocycles. The first kappa shape index (κ1) is 11.6. The standard InChI is InChI=1S/C10H14N4O3/c1-7-9(14(16)17)10(12(2)11-7)13-5-3-4-8(15)6-13/h3-6H2,1-2H3. The Bertz CT molecular complexity index is 480. The summed E-state index contributed by atoms with van der Waals surface area (Å²) in [7, 11) is 1.66. The molecule has 2 heterocycles. The molecule has 0 amide bonds. The van der Waals surface area contributed by atoms with Crippen molar-refractivity contribution in [1.82, 2.24) is 9.78 Å². The van der Waals surface area contributed by atoms with Crippen LogP contribution in [-0.4, -0.2) is 33.6 Å². The lowest BCUT2D eigenvalue weighted by atomic mass is 10.1. The lowest BCUT2D eigenvalue weighted by molar-refractivity contribution is -0.384. The summed E-state index contributed by atoms with van der Waals surface area (Å²) in [6, 6.07) is 0. The highest BCUT2D eigenvalue weighted by molar-refractivity contribution is 5.85. The number of anilines is 1. The van der Waals surface area contributed by atoms with Crippen LogP contribution in [0, 0.1) is 17.0 Å². The summed E-state index contributed by atoms with van der Waals surface area (Å²) < 4.78 is 1.48. The third-order valence-corrected chi connectivity index (χ3v) is 2.89. The van der Waals surface area contributed by atoms with Crippen LogP contribution in [-0.2, 0) is 11.8 Å². The Balaban J connectivity index is 2.43. The van der Waals surface area contributed by atoms with Gasteiger partial charge in [0.15, 0.2) is 5.78 Å². The predicted molar refractivity (Wildman–Crippen MR) is 61.1 cm³/mol. The highest BCUT2D eigenvalue weighted by Crippen LogP contribution is 2.31. The SMILES string of the molecule is Cc1nn(C)c(N2CCCC(=O)C2)c1[N+](=O)[O-]. The summed E-state index contributed by atoms with van der Waals surface area (Å²) in [6.07, 6.45) is 1.29. The first-order chi connectivity index (χ1) is 8.00. The van der Waals surface area contributed by atoms with Gasteiger partial charge in [-0.3, -0.25) is 14.9 Å². The number of hydrogen-bond acceptors (Lipinski definition) is 5. The molecule has 17 heavy (non-hydrogen) atoms. The van der Waals surface area contributed by atoms with Gasteiger partial charge < -0.3 is 4.90 Å². The summed E-state index contributed by atoms with van der Waals surface area (Å²) in [5.41, 5.74) is 0.382. The minimum Gasteiger partial charge on any atom is -0.344 e. The number of rotatable bonds is 2. The second-order valence-corrected chi connectivity index (χ2v) is 4.20. The van der Waals surface area contributed by atoms with E-state index in [0.29, 0.717) is 24.5 Å². The average Bonchev–Trinajstić information content (AvgIpc) is 2.53. The van der Waals surface area contributed by atoms with Gasteiger partial charge in [-0.2, -0.15) is 5.10 Å². The van der Waals surface area contributed by atoms with Gasteiger partial charge in [0.1, 0.15) is 5.69 Å². The summed E-state index contributed by atoms with van der Waals surface area (Å²) in [5.74, 6) is 0.546. The molecule has 1 saturated heterocycles. The van der Waals surface area contributed by atoms with E-state index in [1.807, 2.05) is 0 Å². The van der Waals surface area contributed by atoms with E-state index in [9.17, 15) is 14.9 Å². The van der Waals surface area contributed by atoms with E-state index >= 15 is 0 Å². The molecule has 1 aromatic rings. The van der Waals surface area contributed by atoms with Crippen LogP contribution in [0.2, 0.25) is 0 Å². The van der Waals surface area contributed by atoms with Crippen molar-refractivity contribution < 1.29 is 9.72 Å². The topological polar surface area (TPSA) is 81.3 Å².